The number of aryl methyl sites for hydroxylation is 1. The molecular formula is C19H23ClN4O2. The van der Waals surface area contributed by atoms with E-state index >= 15 is 0 Å². The molecule has 2 heterocycles. The number of nitrogens with one attached hydrogen (secondary N) is 2. The highest BCUT2D eigenvalue weighted by molar-refractivity contribution is 6.31. The minimum absolute atomic E-state index is 0.0119. The number of urea groups is 1. The number of anilines is 1. The Hall–Kier alpha value is -2.15. The van der Waals surface area contributed by atoms with Crippen molar-refractivity contribution in [3.05, 3.63) is 58.9 Å². The summed E-state index contributed by atoms with van der Waals surface area (Å²) in [6, 6.07) is 11.0. The number of ether oxygens (including phenoxy) is 1. The molecule has 0 saturated carbocycles. The maximum absolute atomic E-state index is 12.3. The maximum atomic E-state index is 12.3. The van der Waals surface area contributed by atoms with E-state index in [9.17, 15) is 4.79 Å². The fourth-order valence-corrected chi connectivity index (χ4v) is 3.09. The summed E-state index contributed by atoms with van der Waals surface area (Å²) in [7, 11) is 0. The third-order valence-electron chi connectivity index (χ3n) is 4.39. The second-order valence-corrected chi connectivity index (χ2v) is 6.62. The van der Waals surface area contributed by atoms with E-state index in [1.54, 1.807) is 18.3 Å². The molecule has 1 aliphatic heterocycles. The first-order valence-corrected chi connectivity index (χ1v) is 9.05. The molecule has 7 heteroatoms. The number of amides is 2. The molecule has 3 rings (SSSR count). The average molecular weight is 375 g/mol. The summed E-state index contributed by atoms with van der Waals surface area (Å²) in [5.74, 6) is 0. The maximum Gasteiger partial charge on any atom is 0.319 e. The van der Waals surface area contributed by atoms with Gasteiger partial charge in [-0.15, -0.1) is 0 Å². The number of rotatable bonds is 5. The Morgan fingerprint density at radius 3 is 2.81 bits per heavy atom. The highest BCUT2D eigenvalue weighted by Gasteiger charge is 2.24. The molecule has 0 radical (unpaired) electrons. The second kappa shape index (κ2) is 8.98. The second-order valence-electron chi connectivity index (χ2n) is 6.22. The molecule has 138 valence electrons. The molecule has 2 amide bonds. The van der Waals surface area contributed by atoms with Crippen LogP contribution >= 0.6 is 11.6 Å². The van der Waals surface area contributed by atoms with Gasteiger partial charge in [0.25, 0.3) is 0 Å². The lowest BCUT2D eigenvalue weighted by Crippen LogP contribution is -2.44. The van der Waals surface area contributed by atoms with Gasteiger partial charge in [-0.05, 0) is 42.8 Å². The quantitative estimate of drug-likeness (QED) is 0.843. The van der Waals surface area contributed by atoms with Gasteiger partial charge in [-0.1, -0.05) is 17.7 Å². The zero-order valence-electron chi connectivity index (χ0n) is 14.7. The first-order chi connectivity index (χ1) is 12.6. The van der Waals surface area contributed by atoms with Crippen LogP contribution in [0.3, 0.4) is 0 Å². The lowest BCUT2D eigenvalue weighted by molar-refractivity contribution is 0.0159. The van der Waals surface area contributed by atoms with Crippen LogP contribution in [0.2, 0.25) is 5.02 Å². The number of nitrogens with zero attached hydrogens (tertiary/aromatic N) is 2. The molecule has 1 aromatic carbocycles. The molecule has 1 atom stereocenters. The van der Waals surface area contributed by atoms with Gasteiger partial charge in [0.05, 0.1) is 24.9 Å². The first kappa shape index (κ1) is 18.6. The number of aromatic nitrogens is 1. The summed E-state index contributed by atoms with van der Waals surface area (Å²) >= 11 is 6.02. The van der Waals surface area contributed by atoms with Gasteiger partial charge in [0, 0.05) is 36.5 Å². The minimum Gasteiger partial charge on any atom is -0.379 e. The highest BCUT2D eigenvalue weighted by atomic mass is 35.5. The lowest BCUT2D eigenvalue weighted by Gasteiger charge is -2.34. The molecule has 0 aliphatic carbocycles. The van der Waals surface area contributed by atoms with Crippen LogP contribution in [0, 0.1) is 6.92 Å². The van der Waals surface area contributed by atoms with Crippen LogP contribution in [0.5, 0.6) is 0 Å². The summed E-state index contributed by atoms with van der Waals surface area (Å²) in [6.45, 7) is 5.40. The summed E-state index contributed by atoms with van der Waals surface area (Å²) in [5.41, 5.74) is 2.58. The molecule has 1 saturated heterocycles. The third-order valence-corrected chi connectivity index (χ3v) is 4.81. The fourth-order valence-electron chi connectivity index (χ4n) is 2.97. The van der Waals surface area contributed by atoms with Crippen molar-refractivity contribution in [2.45, 2.75) is 13.0 Å². The molecule has 2 aromatic rings. The van der Waals surface area contributed by atoms with Gasteiger partial charge in [-0.3, -0.25) is 9.88 Å². The predicted molar refractivity (Wildman–Crippen MR) is 103 cm³/mol. The van der Waals surface area contributed by atoms with Gasteiger partial charge in [-0.25, -0.2) is 4.79 Å². The normalized spacial score (nSPS) is 16.1. The third kappa shape index (κ3) is 4.94. The number of hydrogen-bond acceptors (Lipinski definition) is 4. The fraction of sp³-hybridized carbons (Fsp3) is 0.368. The van der Waals surface area contributed by atoms with Crippen molar-refractivity contribution in [2.75, 3.05) is 38.2 Å². The van der Waals surface area contributed by atoms with E-state index in [1.807, 2.05) is 31.2 Å². The van der Waals surface area contributed by atoms with Crippen molar-refractivity contribution >= 4 is 23.3 Å². The predicted octanol–water partition coefficient (Wildman–Crippen LogP) is 3.24. The molecular weight excluding hydrogens is 352 g/mol. The zero-order chi connectivity index (χ0) is 18.4. The van der Waals surface area contributed by atoms with Crippen LogP contribution in [-0.4, -0.2) is 48.8 Å². The van der Waals surface area contributed by atoms with Gasteiger partial charge in [0.15, 0.2) is 0 Å². The topological polar surface area (TPSA) is 66.5 Å². The minimum atomic E-state index is -0.249. The van der Waals surface area contributed by atoms with E-state index < -0.39 is 0 Å². The van der Waals surface area contributed by atoms with Crippen molar-refractivity contribution < 1.29 is 9.53 Å². The van der Waals surface area contributed by atoms with Crippen molar-refractivity contribution in [1.29, 1.82) is 0 Å². The summed E-state index contributed by atoms with van der Waals surface area (Å²) < 4.78 is 5.44. The summed E-state index contributed by atoms with van der Waals surface area (Å²) in [5, 5.41) is 6.48. The summed E-state index contributed by atoms with van der Waals surface area (Å²) in [6.07, 6.45) is 1.78. The van der Waals surface area contributed by atoms with Crippen LogP contribution in [0.25, 0.3) is 0 Å². The molecule has 1 fully saturated rings. The molecule has 0 spiro atoms. The Balaban J connectivity index is 1.63. The van der Waals surface area contributed by atoms with E-state index in [-0.39, 0.29) is 12.1 Å². The Morgan fingerprint density at radius 2 is 2.12 bits per heavy atom. The van der Waals surface area contributed by atoms with Crippen molar-refractivity contribution in [2.24, 2.45) is 0 Å². The Kier molecular flexibility index (Phi) is 6.44. The molecule has 2 N–H and O–H groups in total. The van der Waals surface area contributed by atoms with Crippen LogP contribution in [0.4, 0.5) is 10.5 Å². The van der Waals surface area contributed by atoms with Crippen molar-refractivity contribution in [3.63, 3.8) is 0 Å². The number of morpholine rings is 1. The Morgan fingerprint density at radius 1 is 1.31 bits per heavy atom. The van der Waals surface area contributed by atoms with Gasteiger partial charge in [0.2, 0.25) is 0 Å². The highest BCUT2D eigenvalue weighted by Crippen LogP contribution is 2.20. The van der Waals surface area contributed by atoms with E-state index in [1.165, 1.54) is 0 Å². The zero-order valence-corrected chi connectivity index (χ0v) is 15.5. The number of pyridine rings is 1. The largest absolute Gasteiger partial charge is 0.379 e. The van der Waals surface area contributed by atoms with E-state index in [2.05, 4.69) is 20.5 Å². The average Bonchev–Trinajstić information content (AvgIpc) is 2.67. The van der Waals surface area contributed by atoms with Gasteiger partial charge >= 0.3 is 6.03 Å². The molecule has 6 nitrogen and oxygen atoms in total. The van der Waals surface area contributed by atoms with Crippen LogP contribution in [-0.2, 0) is 4.74 Å². The van der Waals surface area contributed by atoms with Crippen molar-refractivity contribution in [1.82, 2.24) is 15.2 Å². The van der Waals surface area contributed by atoms with Gasteiger partial charge < -0.3 is 15.4 Å². The van der Waals surface area contributed by atoms with Crippen LogP contribution < -0.4 is 10.6 Å². The number of benzene rings is 1. The molecule has 1 aromatic heterocycles. The van der Waals surface area contributed by atoms with E-state index in [0.717, 1.165) is 24.3 Å². The monoisotopic (exact) mass is 374 g/mol. The lowest BCUT2D eigenvalue weighted by atomic mass is 10.1. The number of halogens is 1. The van der Waals surface area contributed by atoms with Crippen LogP contribution in [0.1, 0.15) is 17.3 Å². The smallest absolute Gasteiger partial charge is 0.319 e. The number of carbonyl (C=O) groups excluding carboxylic acids is 1. The molecule has 26 heavy (non-hydrogen) atoms. The van der Waals surface area contributed by atoms with E-state index in [4.69, 9.17) is 16.3 Å². The number of hydrogen-bond donors (Lipinski definition) is 2. The molecule has 0 bridgehead atoms. The molecule has 1 aliphatic rings. The first-order valence-electron chi connectivity index (χ1n) is 8.67. The number of carbonyl (C=O) groups is 1. The van der Waals surface area contributed by atoms with Crippen molar-refractivity contribution in [3.8, 4) is 0 Å². The van der Waals surface area contributed by atoms with E-state index in [0.29, 0.717) is 30.5 Å². The summed E-state index contributed by atoms with van der Waals surface area (Å²) in [4.78, 5) is 19.1. The van der Waals surface area contributed by atoms with Gasteiger partial charge in [-0.2, -0.15) is 0 Å². The molecule has 0 unspecified atom stereocenters. The van der Waals surface area contributed by atoms with Crippen LogP contribution in [0.15, 0.2) is 42.6 Å². The Labute approximate surface area is 158 Å². The van der Waals surface area contributed by atoms with Gasteiger partial charge in [0.1, 0.15) is 0 Å². The Bertz CT molecular complexity index is 736. The standard InChI is InChI=1S/C19H23ClN4O2/c1-14-12-15(5-6-16(14)20)23-19(25)22-13-18(17-4-2-3-7-21-17)24-8-10-26-11-9-24/h2-7,12,18H,8-11,13H2,1H3,(H2,22,23,25)/t18-/m0/s1. The SMILES string of the molecule is Cc1cc(NC(=O)NC[C@@H](c2ccccn2)N2CCOCC2)ccc1Cl.